The van der Waals surface area contributed by atoms with Crippen LogP contribution >= 0.6 is 0 Å². The lowest BCUT2D eigenvalue weighted by Crippen LogP contribution is -2.37. The van der Waals surface area contributed by atoms with Crippen molar-refractivity contribution in [3.05, 3.63) is 18.0 Å². The van der Waals surface area contributed by atoms with Gasteiger partial charge in [-0.15, -0.1) is 0 Å². The van der Waals surface area contributed by atoms with E-state index >= 15 is 0 Å². The Hall–Kier alpha value is -0.830. The SMILES string of the molecule is CCCCC1CCC(C(Cc2cnn(CC)c2)NC)CC1. The highest BCUT2D eigenvalue weighted by molar-refractivity contribution is 5.07. The Morgan fingerprint density at radius 3 is 2.62 bits per heavy atom. The maximum absolute atomic E-state index is 4.40. The first-order valence-electron chi connectivity index (χ1n) is 8.95. The standard InChI is InChI=1S/C18H33N3/c1-4-6-7-15-8-10-17(11-9-15)18(19-3)12-16-13-20-21(5-2)14-16/h13-15,17-19H,4-12H2,1-3H3. The molecule has 1 atom stereocenters. The Bertz CT molecular complexity index is 391. The van der Waals surface area contributed by atoms with Gasteiger partial charge in [-0.05, 0) is 50.6 Å². The van der Waals surface area contributed by atoms with E-state index in [2.05, 4.69) is 37.5 Å². The quantitative estimate of drug-likeness (QED) is 0.783. The summed E-state index contributed by atoms with van der Waals surface area (Å²) in [7, 11) is 2.12. The molecule has 1 saturated carbocycles. The highest BCUT2D eigenvalue weighted by Gasteiger charge is 2.26. The number of unbranched alkanes of at least 4 members (excludes halogenated alkanes) is 1. The number of nitrogens with one attached hydrogen (secondary N) is 1. The third kappa shape index (κ3) is 4.84. The monoisotopic (exact) mass is 291 g/mol. The van der Waals surface area contributed by atoms with E-state index in [0.717, 1.165) is 24.8 Å². The normalized spacial score (nSPS) is 24.1. The first-order valence-corrected chi connectivity index (χ1v) is 8.95. The van der Waals surface area contributed by atoms with Gasteiger partial charge in [0, 0.05) is 18.8 Å². The molecule has 1 aliphatic rings. The Balaban J connectivity index is 1.81. The molecule has 0 bridgehead atoms. The second kappa shape index (κ2) is 8.57. The molecule has 1 heterocycles. The van der Waals surface area contributed by atoms with Crippen molar-refractivity contribution in [2.24, 2.45) is 11.8 Å². The van der Waals surface area contributed by atoms with Crippen LogP contribution in [0.4, 0.5) is 0 Å². The second-order valence-electron chi connectivity index (χ2n) is 6.73. The number of aryl methyl sites for hydroxylation is 1. The Morgan fingerprint density at radius 2 is 2.05 bits per heavy atom. The average molecular weight is 291 g/mol. The lowest BCUT2D eigenvalue weighted by Gasteiger charge is -2.33. The van der Waals surface area contributed by atoms with Gasteiger partial charge < -0.3 is 5.32 Å². The van der Waals surface area contributed by atoms with E-state index in [1.54, 1.807) is 0 Å². The van der Waals surface area contributed by atoms with Crippen molar-refractivity contribution in [3.63, 3.8) is 0 Å². The number of nitrogens with zero attached hydrogens (tertiary/aromatic N) is 2. The first kappa shape index (κ1) is 16.5. The minimum atomic E-state index is 0.617. The molecule has 1 fully saturated rings. The van der Waals surface area contributed by atoms with Crippen molar-refractivity contribution in [2.75, 3.05) is 7.05 Å². The third-order valence-corrected chi connectivity index (χ3v) is 5.26. The fraction of sp³-hybridized carbons (Fsp3) is 0.833. The van der Waals surface area contributed by atoms with Gasteiger partial charge in [-0.1, -0.05) is 39.0 Å². The Morgan fingerprint density at radius 1 is 1.29 bits per heavy atom. The third-order valence-electron chi connectivity index (χ3n) is 5.26. The molecule has 0 aliphatic heterocycles. The van der Waals surface area contributed by atoms with E-state index in [4.69, 9.17) is 0 Å². The van der Waals surface area contributed by atoms with Crippen LogP contribution in [0.25, 0.3) is 0 Å². The average Bonchev–Trinajstić information content (AvgIpc) is 2.99. The van der Waals surface area contributed by atoms with Crippen LogP contribution in [0.15, 0.2) is 12.4 Å². The molecule has 0 saturated heterocycles. The summed E-state index contributed by atoms with van der Waals surface area (Å²) in [5, 5.41) is 7.97. The zero-order valence-electron chi connectivity index (χ0n) is 14.1. The van der Waals surface area contributed by atoms with Crippen LogP contribution in [0.2, 0.25) is 0 Å². The summed E-state index contributed by atoms with van der Waals surface area (Å²) in [6.07, 6.45) is 15.3. The first-order chi connectivity index (χ1) is 10.3. The number of hydrogen-bond donors (Lipinski definition) is 1. The summed E-state index contributed by atoms with van der Waals surface area (Å²) >= 11 is 0. The summed E-state index contributed by atoms with van der Waals surface area (Å²) in [5.74, 6) is 1.85. The van der Waals surface area contributed by atoms with Crippen molar-refractivity contribution >= 4 is 0 Å². The topological polar surface area (TPSA) is 29.9 Å². The van der Waals surface area contributed by atoms with Gasteiger partial charge in [0.25, 0.3) is 0 Å². The maximum Gasteiger partial charge on any atom is 0.0522 e. The number of rotatable bonds is 8. The second-order valence-corrected chi connectivity index (χ2v) is 6.73. The maximum atomic E-state index is 4.40. The van der Waals surface area contributed by atoms with Gasteiger partial charge in [0.15, 0.2) is 0 Å². The molecule has 0 aromatic carbocycles. The molecule has 1 aromatic rings. The van der Waals surface area contributed by atoms with Gasteiger partial charge in [0.05, 0.1) is 6.20 Å². The lowest BCUT2D eigenvalue weighted by atomic mass is 9.76. The van der Waals surface area contributed by atoms with E-state index in [1.807, 2.05) is 10.9 Å². The molecule has 0 radical (unpaired) electrons. The Kier molecular flexibility index (Phi) is 6.75. The van der Waals surface area contributed by atoms with Gasteiger partial charge in [0.1, 0.15) is 0 Å². The van der Waals surface area contributed by atoms with Crippen LogP contribution in [0.3, 0.4) is 0 Å². The zero-order valence-corrected chi connectivity index (χ0v) is 14.1. The molecule has 1 aromatic heterocycles. The zero-order chi connectivity index (χ0) is 15.1. The van der Waals surface area contributed by atoms with Crippen molar-refractivity contribution in [3.8, 4) is 0 Å². The summed E-state index contributed by atoms with van der Waals surface area (Å²) in [4.78, 5) is 0. The molecule has 3 heteroatoms. The molecule has 120 valence electrons. The van der Waals surface area contributed by atoms with Crippen LogP contribution in [-0.4, -0.2) is 22.9 Å². The molecule has 3 nitrogen and oxygen atoms in total. The Labute approximate surface area is 130 Å². The molecule has 21 heavy (non-hydrogen) atoms. The summed E-state index contributed by atoms with van der Waals surface area (Å²) in [6, 6.07) is 0.617. The molecular formula is C18H33N3. The predicted octanol–water partition coefficient (Wildman–Crippen LogP) is 4.03. The van der Waals surface area contributed by atoms with Crippen LogP contribution < -0.4 is 5.32 Å². The van der Waals surface area contributed by atoms with Gasteiger partial charge in [-0.25, -0.2) is 0 Å². The number of aromatic nitrogens is 2. The van der Waals surface area contributed by atoms with Gasteiger partial charge in [0.2, 0.25) is 0 Å². The summed E-state index contributed by atoms with van der Waals surface area (Å²) in [6.45, 7) is 5.41. The van der Waals surface area contributed by atoms with Crippen molar-refractivity contribution in [1.29, 1.82) is 0 Å². The highest BCUT2D eigenvalue weighted by Crippen LogP contribution is 2.34. The smallest absolute Gasteiger partial charge is 0.0522 e. The van der Waals surface area contributed by atoms with Crippen molar-refractivity contribution in [2.45, 2.75) is 77.8 Å². The van der Waals surface area contributed by atoms with E-state index in [1.165, 1.54) is 50.5 Å². The van der Waals surface area contributed by atoms with Gasteiger partial charge in [-0.3, -0.25) is 4.68 Å². The molecule has 0 spiro atoms. The molecule has 0 amide bonds. The minimum absolute atomic E-state index is 0.617. The fourth-order valence-electron chi connectivity index (χ4n) is 3.82. The minimum Gasteiger partial charge on any atom is -0.316 e. The number of likely N-dealkylation sites (N-methyl/N-ethyl adjacent to an activating group) is 1. The molecule has 2 rings (SSSR count). The molecule has 1 unspecified atom stereocenters. The van der Waals surface area contributed by atoms with E-state index in [0.29, 0.717) is 6.04 Å². The van der Waals surface area contributed by atoms with Crippen LogP contribution in [-0.2, 0) is 13.0 Å². The van der Waals surface area contributed by atoms with Crippen molar-refractivity contribution < 1.29 is 0 Å². The summed E-state index contributed by atoms with van der Waals surface area (Å²) in [5.41, 5.74) is 1.38. The summed E-state index contributed by atoms with van der Waals surface area (Å²) < 4.78 is 2.03. The lowest BCUT2D eigenvalue weighted by molar-refractivity contribution is 0.216. The van der Waals surface area contributed by atoms with Crippen LogP contribution in [0.1, 0.15) is 64.4 Å². The van der Waals surface area contributed by atoms with Crippen LogP contribution in [0, 0.1) is 11.8 Å². The molecular weight excluding hydrogens is 258 g/mol. The van der Waals surface area contributed by atoms with E-state index in [9.17, 15) is 0 Å². The van der Waals surface area contributed by atoms with Crippen molar-refractivity contribution in [1.82, 2.24) is 15.1 Å². The van der Waals surface area contributed by atoms with Gasteiger partial charge >= 0.3 is 0 Å². The highest BCUT2D eigenvalue weighted by atomic mass is 15.3. The largest absolute Gasteiger partial charge is 0.316 e. The van der Waals surface area contributed by atoms with E-state index in [-0.39, 0.29) is 0 Å². The fourth-order valence-corrected chi connectivity index (χ4v) is 3.82. The van der Waals surface area contributed by atoms with Gasteiger partial charge in [-0.2, -0.15) is 5.10 Å². The molecule has 1 N–H and O–H groups in total. The van der Waals surface area contributed by atoms with E-state index < -0.39 is 0 Å². The molecule has 1 aliphatic carbocycles. The predicted molar refractivity (Wildman–Crippen MR) is 89.4 cm³/mol. The number of hydrogen-bond acceptors (Lipinski definition) is 2. The van der Waals surface area contributed by atoms with Crippen LogP contribution in [0.5, 0.6) is 0 Å².